The lowest BCUT2D eigenvalue weighted by atomic mass is 10.0. The van der Waals surface area contributed by atoms with Gasteiger partial charge in [-0.2, -0.15) is 0 Å². The molecule has 0 saturated heterocycles. The number of aryl methyl sites for hydroxylation is 1. The maximum Gasteiger partial charge on any atom is 0.334 e. The van der Waals surface area contributed by atoms with Gasteiger partial charge in [0.2, 0.25) is 0 Å². The molecule has 1 aromatic carbocycles. The number of esters is 1. The van der Waals surface area contributed by atoms with Crippen molar-refractivity contribution in [3.8, 4) is 11.5 Å². The fourth-order valence-electron chi connectivity index (χ4n) is 1.72. The number of benzene rings is 1. The first-order valence-corrected chi connectivity index (χ1v) is 5.77. The summed E-state index contributed by atoms with van der Waals surface area (Å²) in [4.78, 5) is 21.9. The lowest BCUT2D eigenvalue weighted by molar-refractivity contribution is -0.142. The van der Waals surface area contributed by atoms with Gasteiger partial charge in [0.15, 0.2) is 6.04 Å². The van der Waals surface area contributed by atoms with E-state index in [2.05, 4.69) is 9.91 Å². The van der Waals surface area contributed by atoms with Gasteiger partial charge < -0.3 is 14.2 Å². The van der Waals surface area contributed by atoms with Crippen molar-refractivity contribution >= 4 is 5.97 Å². The minimum absolute atomic E-state index is 0.264. The molecule has 0 amide bonds. The lowest BCUT2D eigenvalue weighted by Gasteiger charge is -2.11. The minimum atomic E-state index is -0.999. The number of nitrogens with zero attached hydrogens (tertiary/aromatic N) is 1. The molecular weight excluding hydrogens is 250 g/mol. The SMILES string of the molecule is COC(=O)C(CCc1cc(OC)ccc1OC)N=O. The number of hydrogen-bond donors (Lipinski definition) is 0. The Bertz CT molecular complexity index is 447. The number of methoxy groups -OCH3 is 3. The molecular formula is C13H17NO5. The van der Waals surface area contributed by atoms with E-state index in [4.69, 9.17) is 9.47 Å². The Kier molecular flexibility index (Phi) is 5.78. The predicted octanol–water partition coefficient (Wildman–Crippen LogP) is 1.94. The van der Waals surface area contributed by atoms with Crippen LogP contribution in [0.15, 0.2) is 23.4 Å². The topological polar surface area (TPSA) is 74.2 Å². The van der Waals surface area contributed by atoms with Crippen LogP contribution in [0.5, 0.6) is 11.5 Å². The van der Waals surface area contributed by atoms with E-state index in [0.717, 1.165) is 5.56 Å². The van der Waals surface area contributed by atoms with Gasteiger partial charge in [-0.25, -0.2) is 4.79 Å². The predicted molar refractivity (Wildman–Crippen MR) is 69.5 cm³/mol. The zero-order chi connectivity index (χ0) is 14.3. The van der Waals surface area contributed by atoms with Crippen molar-refractivity contribution in [2.45, 2.75) is 18.9 Å². The zero-order valence-electron chi connectivity index (χ0n) is 11.2. The average molecular weight is 267 g/mol. The summed E-state index contributed by atoms with van der Waals surface area (Å²) in [7, 11) is 4.35. The molecule has 0 spiro atoms. The third-order valence-electron chi connectivity index (χ3n) is 2.78. The highest BCUT2D eigenvalue weighted by Crippen LogP contribution is 2.25. The molecule has 0 bridgehead atoms. The molecule has 0 aliphatic heterocycles. The molecule has 19 heavy (non-hydrogen) atoms. The molecule has 0 aromatic heterocycles. The zero-order valence-corrected chi connectivity index (χ0v) is 11.2. The summed E-state index contributed by atoms with van der Waals surface area (Å²) in [6, 6.07) is 4.35. The van der Waals surface area contributed by atoms with Gasteiger partial charge in [-0.15, -0.1) is 4.91 Å². The monoisotopic (exact) mass is 267 g/mol. The van der Waals surface area contributed by atoms with Crippen LogP contribution in [0.4, 0.5) is 0 Å². The van der Waals surface area contributed by atoms with Gasteiger partial charge in [-0.1, -0.05) is 5.18 Å². The van der Waals surface area contributed by atoms with Gasteiger partial charge in [-0.05, 0) is 36.6 Å². The number of nitroso groups, excluding NO2 is 1. The average Bonchev–Trinajstić information content (AvgIpc) is 2.47. The van der Waals surface area contributed by atoms with Crippen molar-refractivity contribution in [3.05, 3.63) is 28.7 Å². The number of carbonyl (C=O) groups excluding carboxylic acids is 1. The number of carbonyl (C=O) groups is 1. The summed E-state index contributed by atoms with van der Waals surface area (Å²) in [5.74, 6) is 0.733. The Morgan fingerprint density at radius 3 is 2.53 bits per heavy atom. The normalized spacial score (nSPS) is 11.5. The molecule has 0 N–H and O–H groups in total. The first-order valence-electron chi connectivity index (χ1n) is 5.77. The molecule has 0 aliphatic carbocycles. The van der Waals surface area contributed by atoms with Crippen LogP contribution in [0.1, 0.15) is 12.0 Å². The molecule has 0 heterocycles. The quantitative estimate of drug-likeness (QED) is 0.557. The van der Waals surface area contributed by atoms with Crippen LogP contribution < -0.4 is 9.47 Å². The lowest BCUT2D eigenvalue weighted by Crippen LogP contribution is -2.20. The second kappa shape index (κ2) is 7.35. The Hall–Kier alpha value is -2.11. The van der Waals surface area contributed by atoms with E-state index >= 15 is 0 Å². The first kappa shape index (κ1) is 14.9. The van der Waals surface area contributed by atoms with Crippen LogP contribution in [0.3, 0.4) is 0 Å². The molecule has 0 saturated carbocycles. The molecule has 0 fully saturated rings. The molecule has 1 unspecified atom stereocenters. The van der Waals surface area contributed by atoms with E-state index in [1.54, 1.807) is 32.4 Å². The molecule has 104 valence electrons. The number of ether oxygens (including phenoxy) is 3. The Morgan fingerprint density at radius 1 is 1.26 bits per heavy atom. The largest absolute Gasteiger partial charge is 0.497 e. The van der Waals surface area contributed by atoms with E-state index in [-0.39, 0.29) is 6.42 Å². The third-order valence-corrected chi connectivity index (χ3v) is 2.78. The van der Waals surface area contributed by atoms with Crippen LogP contribution in [0, 0.1) is 4.91 Å². The van der Waals surface area contributed by atoms with Crippen molar-refractivity contribution in [2.75, 3.05) is 21.3 Å². The molecule has 1 aromatic rings. The van der Waals surface area contributed by atoms with Crippen molar-refractivity contribution in [2.24, 2.45) is 5.18 Å². The molecule has 6 heteroatoms. The maximum absolute atomic E-state index is 11.3. The van der Waals surface area contributed by atoms with E-state index in [1.165, 1.54) is 7.11 Å². The van der Waals surface area contributed by atoms with Crippen LogP contribution in [0.25, 0.3) is 0 Å². The highest BCUT2D eigenvalue weighted by Gasteiger charge is 2.20. The van der Waals surface area contributed by atoms with E-state index in [9.17, 15) is 9.70 Å². The fourth-order valence-corrected chi connectivity index (χ4v) is 1.72. The highest BCUT2D eigenvalue weighted by molar-refractivity contribution is 5.75. The van der Waals surface area contributed by atoms with Gasteiger partial charge in [0, 0.05) is 0 Å². The van der Waals surface area contributed by atoms with Gasteiger partial charge in [0.1, 0.15) is 11.5 Å². The number of hydrogen-bond acceptors (Lipinski definition) is 6. The summed E-state index contributed by atoms with van der Waals surface area (Å²) >= 11 is 0. The summed E-state index contributed by atoms with van der Waals surface area (Å²) in [5, 5.41) is 2.78. The van der Waals surface area contributed by atoms with Gasteiger partial charge in [0.25, 0.3) is 0 Å². The van der Waals surface area contributed by atoms with Crippen LogP contribution in [-0.4, -0.2) is 33.3 Å². The maximum atomic E-state index is 11.3. The van der Waals surface area contributed by atoms with Crippen molar-refractivity contribution in [1.82, 2.24) is 0 Å². The Labute approximate surface area is 111 Å². The first-order chi connectivity index (χ1) is 9.15. The van der Waals surface area contributed by atoms with Crippen LogP contribution in [-0.2, 0) is 16.0 Å². The van der Waals surface area contributed by atoms with Gasteiger partial charge >= 0.3 is 5.97 Å². The molecule has 0 radical (unpaired) electrons. The molecule has 1 atom stereocenters. The standard InChI is InChI=1S/C13H17NO5/c1-17-10-5-7-12(18-2)9(8-10)4-6-11(14-16)13(15)19-3/h5,7-8,11H,4,6H2,1-3H3. The van der Waals surface area contributed by atoms with Crippen molar-refractivity contribution in [1.29, 1.82) is 0 Å². The second-order valence-electron chi connectivity index (χ2n) is 3.86. The van der Waals surface area contributed by atoms with E-state index < -0.39 is 12.0 Å². The Balaban J connectivity index is 2.80. The summed E-state index contributed by atoms with van der Waals surface area (Å²) in [5.41, 5.74) is 0.847. The van der Waals surface area contributed by atoms with Gasteiger partial charge in [-0.3, -0.25) is 0 Å². The molecule has 6 nitrogen and oxygen atoms in total. The fraction of sp³-hybridized carbons (Fsp3) is 0.462. The minimum Gasteiger partial charge on any atom is -0.497 e. The van der Waals surface area contributed by atoms with Crippen molar-refractivity contribution < 1.29 is 19.0 Å². The van der Waals surface area contributed by atoms with E-state index in [0.29, 0.717) is 17.9 Å². The third kappa shape index (κ3) is 3.94. The van der Waals surface area contributed by atoms with Crippen LogP contribution in [0.2, 0.25) is 0 Å². The highest BCUT2D eigenvalue weighted by atomic mass is 16.5. The number of rotatable bonds is 7. The van der Waals surface area contributed by atoms with E-state index in [1.807, 2.05) is 0 Å². The summed E-state index contributed by atoms with van der Waals surface area (Å²) in [6.45, 7) is 0. The van der Waals surface area contributed by atoms with Crippen LogP contribution >= 0.6 is 0 Å². The molecule has 1 rings (SSSR count). The smallest absolute Gasteiger partial charge is 0.334 e. The summed E-state index contributed by atoms with van der Waals surface area (Å²) in [6.07, 6.45) is 0.728. The van der Waals surface area contributed by atoms with Gasteiger partial charge in [0.05, 0.1) is 21.3 Å². The second-order valence-corrected chi connectivity index (χ2v) is 3.86. The summed E-state index contributed by atoms with van der Waals surface area (Å²) < 4.78 is 14.8. The Morgan fingerprint density at radius 2 is 2.00 bits per heavy atom. The van der Waals surface area contributed by atoms with Crippen molar-refractivity contribution in [3.63, 3.8) is 0 Å². The molecule has 0 aliphatic rings.